The van der Waals surface area contributed by atoms with Gasteiger partial charge in [0.15, 0.2) is 0 Å². The van der Waals surface area contributed by atoms with Gasteiger partial charge in [-0.15, -0.1) is 0 Å². The molecule has 0 N–H and O–H groups in total. The first kappa shape index (κ1) is 20.4. The van der Waals surface area contributed by atoms with Crippen LogP contribution in [0.2, 0.25) is 0 Å². The van der Waals surface area contributed by atoms with Crippen LogP contribution in [-0.4, -0.2) is 28.9 Å². The number of rotatable bonds is 4. The SMILES string of the molecule is CCC(=O)N1CCC(c2cc(Cc3cccc(C(F)(F)F)c3)cc(C)n2)CC1. The number of aryl methyl sites for hydroxylation is 1. The zero-order valence-corrected chi connectivity index (χ0v) is 16.2. The largest absolute Gasteiger partial charge is 0.416 e. The molecular formula is C22H25F3N2O. The van der Waals surface area contributed by atoms with Crippen molar-refractivity contribution in [3.63, 3.8) is 0 Å². The van der Waals surface area contributed by atoms with Crippen molar-refractivity contribution < 1.29 is 18.0 Å². The number of benzene rings is 1. The third kappa shape index (κ3) is 4.91. The molecule has 0 atom stereocenters. The van der Waals surface area contributed by atoms with Crippen molar-refractivity contribution in [1.29, 1.82) is 0 Å². The number of hydrogen-bond donors (Lipinski definition) is 0. The molecule has 0 radical (unpaired) electrons. The minimum atomic E-state index is -4.33. The number of alkyl halides is 3. The van der Waals surface area contributed by atoms with Crippen LogP contribution in [0.15, 0.2) is 36.4 Å². The number of carbonyl (C=O) groups is 1. The molecule has 0 unspecified atom stereocenters. The molecule has 1 saturated heterocycles. The Morgan fingerprint density at radius 2 is 1.86 bits per heavy atom. The van der Waals surface area contributed by atoms with Gasteiger partial charge in [-0.3, -0.25) is 9.78 Å². The summed E-state index contributed by atoms with van der Waals surface area (Å²) < 4.78 is 38.9. The molecule has 1 amide bonds. The average Bonchev–Trinajstić information content (AvgIpc) is 2.66. The van der Waals surface area contributed by atoms with Gasteiger partial charge in [0.05, 0.1) is 5.56 Å². The van der Waals surface area contributed by atoms with Crippen molar-refractivity contribution in [3.8, 4) is 0 Å². The smallest absolute Gasteiger partial charge is 0.343 e. The van der Waals surface area contributed by atoms with Crippen molar-refractivity contribution in [1.82, 2.24) is 9.88 Å². The summed E-state index contributed by atoms with van der Waals surface area (Å²) in [6.07, 6.45) is -1.64. The molecule has 0 bridgehead atoms. The number of carbonyl (C=O) groups excluding carboxylic acids is 1. The Morgan fingerprint density at radius 3 is 2.50 bits per heavy atom. The number of pyridine rings is 1. The quantitative estimate of drug-likeness (QED) is 0.726. The summed E-state index contributed by atoms with van der Waals surface area (Å²) in [5.74, 6) is 0.460. The minimum Gasteiger partial charge on any atom is -0.343 e. The maximum Gasteiger partial charge on any atom is 0.416 e. The van der Waals surface area contributed by atoms with E-state index >= 15 is 0 Å². The lowest BCUT2D eigenvalue weighted by Gasteiger charge is -2.32. The predicted octanol–water partition coefficient (Wildman–Crippen LogP) is 5.12. The molecular weight excluding hydrogens is 365 g/mol. The topological polar surface area (TPSA) is 33.2 Å². The van der Waals surface area contributed by atoms with E-state index in [9.17, 15) is 18.0 Å². The second kappa shape index (κ2) is 8.33. The monoisotopic (exact) mass is 390 g/mol. The lowest BCUT2D eigenvalue weighted by atomic mass is 9.91. The average molecular weight is 390 g/mol. The lowest BCUT2D eigenvalue weighted by molar-refractivity contribution is -0.137. The van der Waals surface area contributed by atoms with Gasteiger partial charge in [0, 0.05) is 36.8 Å². The molecule has 1 aliphatic rings. The first-order valence-electron chi connectivity index (χ1n) is 9.67. The van der Waals surface area contributed by atoms with E-state index in [4.69, 9.17) is 0 Å². The predicted molar refractivity (Wildman–Crippen MR) is 102 cm³/mol. The molecule has 150 valence electrons. The standard InChI is InChI=1S/C22H25F3N2O/c1-3-21(28)27-9-7-18(8-10-27)20-14-17(11-15(2)26-20)12-16-5-4-6-19(13-16)22(23,24)25/h4-6,11,13-14,18H,3,7-10,12H2,1-2H3. The van der Waals surface area contributed by atoms with Crippen LogP contribution in [0.4, 0.5) is 13.2 Å². The molecule has 1 aromatic heterocycles. The first-order valence-corrected chi connectivity index (χ1v) is 9.67. The molecule has 0 spiro atoms. The Labute approximate surface area is 163 Å². The number of aromatic nitrogens is 1. The van der Waals surface area contributed by atoms with Crippen LogP contribution in [0.1, 0.15) is 60.2 Å². The number of hydrogen-bond acceptors (Lipinski definition) is 2. The Morgan fingerprint density at radius 1 is 1.14 bits per heavy atom. The fourth-order valence-corrected chi connectivity index (χ4v) is 3.82. The van der Waals surface area contributed by atoms with Gasteiger partial charge >= 0.3 is 6.18 Å². The molecule has 2 heterocycles. The van der Waals surface area contributed by atoms with E-state index in [0.29, 0.717) is 18.4 Å². The first-order chi connectivity index (χ1) is 13.3. The normalized spacial score (nSPS) is 15.7. The maximum atomic E-state index is 13.0. The molecule has 28 heavy (non-hydrogen) atoms. The highest BCUT2D eigenvalue weighted by molar-refractivity contribution is 5.75. The minimum absolute atomic E-state index is 0.181. The van der Waals surface area contributed by atoms with Gasteiger partial charge < -0.3 is 4.90 Å². The molecule has 2 aromatic rings. The molecule has 6 heteroatoms. The van der Waals surface area contributed by atoms with Crippen LogP contribution >= 0.6 is 0 Å². The van der Waals surface area contributed by atoms with Crippen LogP contribution in [0, 0.1) is 6.92 Å². The summed E-state index contributed by atoms with van der Waals surface area (Å²) in [6.45, 7) is 5.25. The number of halogens is 3. The summed E-state index contributed by atoms with van der Waals surface area (Å²) in [5, 5.41) is 0. The van der Waals surface area contributed by atoms with E-state index in [2.05, 4.69) is 4.98 Å². The highest BCUT2D eigenvalue weighted by atomic mass is 19.4. The molecule has 0 saturated carbocycles. The van der Waals surface area contributed by atoms with E-state index in [1.165, 1.54) is 12.1 Å². The number of piperidine rings is 1. The van der Waals surface area contributed by atoms with Crippen LogP contribution in [0.25, 0.3) is 0 Å². The van der Waals surface area contributed by atoms with Crippen molar-refractivity contribution in [2.24, 2.45) is 0 Å². The van der Waals surface area contributed by atoms with Crippen molar-refractivity contribution in [3.05, 3.63) is 64.5 Å². The number of amides is 1. The van der Waals surface area contributed by atoms with Crippen LogP contribution < -0.4 is 0 Å². The van der Waals surface area contributed by atoms with Gasteiger partial charge in [-0.1, -0.05) is 25.1 Å². The van der Waals surface area contributed by atoms with E-state index < -0.39 is 11.7 Å². The maximum absolute atomic E-state index is 13.0. The van der Waals surface area contributed by atoms with E-state index in [1.807, 2.05) is 30.9 Å². The third-order valence-electron chi connectivity index (χ3n) is 5.26. The highest BCUT2D eigenvalue weighted by Crippen LogP contribution is 2.31. The zero-order chi connectivity index (χ0) is 20.3. The second-order valence-corrected chi connectivity index (χ2v) is 7.43. The van der Waals surface area contributed by atoms with Gasteiger partial charge in [0.2, 0.25) is 5.91 Å². The molecule has 1 aromatic carbocycles. The van der Waals surface area contributed by atoms with Crippen molar-refractivity contribution in [2.45, 2.75) is 51.6 Å². The second-order valence-electron chi connectivity index (χ2n) is 7.43. The summed E-state index contributed by atoms with van der Waals surface area (Å²) in [6, 6.07) is 9.42. The Hall–Kier alpha value is -2.37. The Balaban J connectivity index is 1.75. The van der Waals surface area contributed by atoms with Crippen molar-refractivity contribution >= 4 is 5.91 Å². The van der Waals surface area contributed by atoms with Gasteiger partial charge in [-0.25, -0.2) is 0 Å². The fourth-order valence-electron chi connectivity index (χ4n) is 3.82. The van der Waals surface area contributed by atoms with E-state index in [-0.39, 0.29) is 11.8 Å². The molecule has 1 aliphatic heterocycles. The van der Waals surface area contributed by atoms with Crippen molar-refractivity contribution in [2.75, 3.05) is 13.1 Å². The summed E-state index contributed by atoms with van der Waals surface area (Å²) in [7, 11) is 0. The molecule has 0 aliphatic carbocycles. The Bertz CT molecular complexity index is 840. The van der Waals surface area contributed by atoms with Crippen LogP contribution in [-0.2, 0) is 17.4 Å². The molecule has 3 nitrogen and oxygen atoms in total. The fraction of sp³-hybridized carbons (Fsp3) is 0.455. The van der Waals surface area contributed by atoms with Gasteiger partial charge in [0.1, 0.15) is 0 Å². The summed E-state index contributed by atoms with van der Waals surface area (Å²) >= 11 is 0. The van der Waals surface area contributed by atoms with E-state index in [1.54, 1.807) is 6.07 Å². The van der Waals surface area contributed by atoms with Crippen LogP contribution in [0.3, 0.4) is 0 Å². The van der Waals surface area contributed by atoms with Gasteiger partial charge in [-0.05, 0) is 55.5 Å². The lowest BCUT2D eigenvalue weighted by Crippen LogP contribution is -2.37. The summed E-state index contributed by atoms with van der Waals surface area (Å²) in [4.78, 5) is 18.4. The highest BCUT2D eigenvalue weighted by Gasteiger charge is 2.30. The van der Waals surface area contributed by atoms with Gasteiger partial charge in [-0.2, -0.15) is 13.2 Å². The summed E-state index contributed by atoms with van der Waals surface area (Å²) in [5.41, 5.74) is 2.82. The van der Waals surface area contributed by atoms with Gasteiger partial charge in [0.25, 0.3) is 0 Å². The number of nitrogens with zero attached hydrogens (tertiary/aromatic N) is 2. The zero-order valence-electron chi connectivity index (χ0n) is 16.2. The molecule has 1 fully saturated rings. The third-order valence-corrected chi connectivity index (χ3v) is 5.26. The molecule has 3 rings (SSSR count). The Kier molecular flexibility index (Phi) is 6.06. The number of likely N-dealkylation sites (tertiary alicyclic amines) is 1. The van der Waals surface area contributed by atoms with Crippen LogP contribution in [0.5, 0.6) is 0 Å². The van der Waals surface area contributed by atoms with E-state index in [0.717, 1.165) is 48.9 Å².